The molecule has 0 spiro atoms. The summed E-state index contributed by atoms with van der Waals surface area (Å²) < 4.78 is 0. The normalized spacial score (nSPS) is 10.5. The molecular formula is C13H19ClN2O. The number of alkyl halides is 1. The van der Waals surface area contributed by atoms with Crippen LogP contribution in [0.5, 0.6) is 0 Å². The minimum atomic E-state index is -0.176. The van der Waals surface area contributed by atoms with Gasteiger partial charge in [-0.3, -0.25) is 4.79 Å². The average Bonchev–Trinajstić information content (AvgIpc) is 2.28. The minimum absolute atomic E-state index is 0.0241. The molecule has 0 saturated heterocycles. The molecule has 0 unspecified atom stereocenters. The van der Waals surface area contributed by atoms with Crippen molar-refractivity contribution in [3.05, 3.63) is 23.8 Å². The van der Waals surface area contributed by atoms with Crippen LogP contribution in [-0.4, -0.2) is 25.9 Å². The molecule has 0 fully saturated rings. The Morgan fingerprint density at radius 2 is 2.06 bits per heavy atom. The second-order valence-electron chi connectivity index (χ2n) is 4.50. The molecule has 17 heavy (non-hydrogen) atoms. The number of nitrogens with zero attached hydrogens (tertiary/aromatic N) is 1. The van der Waals surface area contributed by atoms with Gasteiger partial charge in [0, 0.05) is 25.5 Å². The summed E-state index contributed by atoms with van der Waals surface area (Å²) in [4.78, 5) is 13.4. The second kappa shape index (κ2) is 5.92. The zero-order valence-electron chi connectivity index (χ0n) is 10.7. The van der Waals surface area contributed by atoms with E-state index in [1.165, 1.54) is 0 Å². The average molecular weight is 255 g/mol. The fourth-order valence-corrected chi connectivity index (χ4v) is 1.68. The first-order chi connectivity index (χ1) is 7.95. The van der Waals surface area contributed by atoms with Gasteiger partial charge in [0.1, 0.15) is 5.88 Å². The summed E-state index contributed by atoms with van der Waals surface area (Å²) in [5, 5.41) is 2.84. The molecule has 0 aliphatic carbocycles. The number of hydrogen-bond acceptors (Lipinski definition) is 2. The first kappa shape index (κ1) is 13.8. The lowest BCUT2D eigenvalue weighted by Gasteiger charge is -2.18. The van der Waals surface area contributed by atoms with Crippen LogP contribution in [0.25, 0.3) is 0 Å². The zero-order chi connectivity index (χ0) is 13.0. The van der Waals surface area contributed by atoms with Crippen LogP contribution in [-0.2, 0) is 4.79 Å². The second-order valence-corrected chi connectivity index (χ2v) is 4.77. The van der Waals surface area contributed by atoms with Crippen molar-refractivity contribution in [1.29, 1.82) is 0 Å². The first-order valence-corrected chi connectivity index (χ1v) is 6.16. The van der Waals surface area contributed by atoms with Gasteiger partial charge in [0.15, 0.2) is 0 Å². The predicted molar refractivity (Wildman–Crippen MR) is 74.2 cm³/mol. The molecule has 0 saturated carbocycles. The van der Waals surface area contributed by atoms with E-state index in [-0.39, 0.29) is 11.8 Å². The quantitative estimate of drug-likeness (QED) is 0.838. The van der Waals surface area contributed by atoms with Crippen molar-refractivity contribution in [3.63, 3.8) is 0 Å². The van der Waals surface area contributed by atoms with Crippen molar-refractivity contribution < 1.29 is 4.79 Å². The number of amides is 1. The lowest BCUT2D eigenvalue weighted by Crippen LogP contribution is -2.16. The van der Waals surface area contributed by atoms with Gasteiger partial charge in [-0.15, -0.1) is 11.6 Å². The van der Waals surface area contributed by atoms with Crippen LogP contribution < -0.4 is 10.2 Å². The maximum absolute atomic E-state index is 11.4. The number of anilines is 2. The minimum Gasteiger partial charge on any atom is -0.378 e. The number of nitrogens with one attached hydrogen (secondary N) is 1. The van der Waals surface area contributed by atoms with E-state index in [2.05, 4.69) is 19.2 Å². The van der Waals surface area contributed by atoms with E-state index in [0.717, 1.165) is 16.9 Å². The summed E-state index contributed by atoms with van der Waals surface area (Å²) in [6.07, 6.45) is 0. The van der Waals surface area contributed by atoms with Crippen LogP contribution in [0.15, 0.2) is 18.2 Å². The third kappa shape index (κ3) is 3.63. The summed E-state index contributed by atoms with van der Waals surface area (Å²) in [5.74, 6) is 0.158. The molecule has 4 heteroatoms. The van der Waals surface area contributed by atoms with Gasteiger partial charge in [0.2, 0.25) is 5.91 Å². The van der Waals surface area contributed by atoms with E-state index < -0.39 is 0 Å². The summed E-state index contributed by atoms with van der Waals surface area (Å²) in [5.41, 5.74) is 3.02. The van der Waals surface area contributed by atoms with E-state index in [1.807, 2.05) is 37.2 Å². The standard InChI is InChI=1S/C13H19ClN2O/c1-9(2)11-6-5-10(16(3)4)7-12(11)15-13(17)8-14/h5-7,9H,8H2,1-4H3,(H,15,17). The SMILES string of the molecule is CC(C)c1ccc(N(C)C)cc1NC(=O)CCl. The Hall–Kier alpha value is -1.22. The van der Waals surface area contributed by atoms with Gasteiger partial charge in [-0.05, 0) is 23.6 Å². The molecule has 0 heterocycles. The number of benzene rings is 1. The first-order valence-electron chi connectivity index (χ1n) is 5.62. The molecule has 0 aliphatic heterocycles. The molecule has 1 aromatic rings. The Balaban J connectivity index is 3.11. The van der Waals surface area contributed by atoms with Crippen LogP contribution in [0.1, 0.15) is 25.3 Å². The molecule has 1 N–H and O–H groups in total. The van der Waals surface area contributed by atoms with Gasteiger partial charge in [0.05, 0.1) is 0 Å². The third-order valence-corrected chi connectivity index (χ3v) is 2.81. The molecule has 1 amide bonds. The number of hydrogen-bond donors (Lipinski definition) is 1. The summed E-state index contributed by atoms with van der Waals surface area (Å²) in [7, 11) is 3.94. The highest BCUT2D eigenvalue weighted by Gasteiger charge is 2.10. The van der Waals surface area contributed by atoms with Gasteiger partial charge in [-0.25, -0.2) is 0 Å². The monoisotopic (exact) mass is 254 g/mol. The predicted octanol–water partition coefficient (Wildman–Crippen LogP) is 3.05. The molecule has 94 valence electrons. The highest BCUT2D eigenvalue weighted by Crippen LogP contribution is 2.28. The molecule has 1 rings (SSSR count). The molecule has 0 radical (unpaired) electrons. The third-order valence-electron chi connectivity index (χ3n) is 2.57. The van der Waals surface area contributed by atoms with E-state index in [9.17, 15) is 4.79 Å². The van der Waals surface area contributed by atoms with E-state index in [4.69, 9.17) is 11.6 Å². The Kier molecular flexibility index (Phi) is 4.82. The van der Waals surface area contributed by atoms with Crippen molar-refractivity contribution in [2.45, 2.75) is 19.8 Å². The number of carbonyl (C=O) groups excluding carboxylic acids is 1. The summed E-state index contributed by atoms with van der Waals surface area (Å²) in [6, 6.07) is 6.06. The van der Waals surface area contributed by atoms with Crippen molar-refractivity contribution in [2.24, 2.45) is 0 Å². The lowest BCUT2D eigenvalue weighted by atomic mass is 10.0. The summed E-state index contributed by atoms with van der Waals surface area (Å²) >= 11 is 5.51. The lowest BCUT2D eigenvalue weighted by molar-refractivity contribution is -0.113. The van der Waals surface area contributed by atoms with Crippen LogP contribution in [0.4, 0.5) is 11.4 Å². The van der Waals surface area contributed by atoms with Crippen LogP contribution in [0.2, 0.25) is 0 Å². The number of rotatable bonds is 4. The van der Waals surface area contributed by atoms with Gasteiger partial charge in [-0.1, -0.05) is 19.9 Å². The molecule has 0 bridgehead atoms. The smallest absolute Gasteiger partial charge is 0.239 e. The Morgan fingerprint density at radius 1 is 1.41 bits per heavy atom. The van der Waals surface area contributed by atoms with Crippen molar-refractivity contribution in [3.8, 4) is 0 Å². The van der Waals surface area contributed by atoms with Gasteiger partial charge in [-0.2, -0.15) is 0 Å². The van der Waals surface area contributed by atoms with E-state index in [1.54, 1.807) is 0 Å². The molecule has 0 aromatic heterocycles. The van der Waals surface area contributed by atoms with Gasteiger partial charge >= 0.3 is 0 Å². The van der Waals surface area contributed by atoms with E-state index in [0.29, 0.717) is 5.92 Å². The van der Waals surface area contributed by atoms with Crippen molar-refractivity contribution in [2.75, 3.05) is 30.2 Å². The Morgan fingerprint density at radius 3 is 2.53 bits per heavy atom. The molecule has 0 atom stereocenters. The molecule has 0 aliphatic rings. The summed E-state index contributed by atoms with van der Waals surface area (Å²) in [6.45, 7) is 4.20. The Labute approximate surface area is 108 Å². The molecule has 3 nitrogen and oxygen atoms in total. The number of halogens is 1. The maximum Gasteiger partial charge on any atom is 0.239 e. The zero-order valence-corrected chi connectivity index (χ0v) is 11.5. The molecular weight excluding hydrogens is 236 g/mol. The van der Waals surface area contributed by atoms with Crippen molar-refractivity contribution >= 4 is 28.9 Å². The van der Waals surface area contributed by atoms with Crippen LogP contribution in [0.3, 0.4) is 0 Å². The fraction of sp³-hybridized carbons (Fsp3) is 0.462. The topological polar surface area (TPSA) is 32.3 Å². The largest absolute Gasteiger partial charge is 0.378 e. The Bertz CT molecular complexity index is 402. The van der Waals surface area contributed by atoms with Crippen LogP contribution in [0, 0.1) is 0 Å². The van der Waals surface area contributed by atoms with E-state index >= 15 is 0 Å². The van der Waals surface area contributed by atoms with Gasteiger partial charge < -0.3 is 10.2 Å². The molecule has 1 aromatic carbocycles. The highest BCUT2D eigenvalue weighted by atomic mass is 35.5. The highest BCUT2D eigenvalue weighted by molar-refractivity contribution is 6.29. The van der Waals surface area contributed by atoms with Crippen LogP contribution >= 0.6 is 11.6 Å². The van der Waals surface area contributed by atoms with Crippen molar-refractivity contribution in [1.82, 2.24) is 0 Å². The van der Waals surface area contributed by atoms with Gasteiger partial charge in [0.25, 0.3) is 0 Å². The number of carbonyl (C=O) groups is 1. The fourth-order valence-electron chi connectivity index (χ4n) is 1.62. The maximum atomic E-state index is 11.4.